The lowest BCUT2D eigenvalue weighted by Crippen LogP contribution is -2.24. The van der Waals surface area contributed by atoms with Gasteiger partial charge < -0.3 is 19.4 Å². The van der Waals surface area contributed by atoms with Crippen molar-refractivity contribution in [3.63, 3.8) is 0 Å². The number of hydrogen-bond donors (Lipinski definition) is 2. The minimum atomic E-state index is -0.106. The molecule has 7 nitrogen and oxygen atoms in total. The van der Waals surface area contributed by atoms with E-state index in [9.17, 15) is 4.79 Å². The van der Waals surface area contributed by atoms with Crippen molar-refractivity contribution in [3.05, 3.63) is 60.3 Å². The fourth-order valence-electron chi connectivity index (χ4n) is 4.13. The monoisotopic (exact) mass is 402 g/mol. The molecule has 152 valence electrons. The molecule has 0 spiro atoms. The number of H-pyrrole nitrogens is 1. The van der Waals surface area contributed by atoms with Crippen LogP contribution in [0.15, 0.2) is 54.6 Å². The fraction of sp³-hybridized carbons (Fsp3) is 0.217. The maximum Gasteiger partial charge on any atom is 0.230 e. The molecule has 0 saturated carbocycles. The van der Waals surface area contributed by atoms with E-state index in [-0.39, 0.29) is 11.8 Å². The van der Waals surface area contributed by atoms with Gasteiger partial charge in [0.2, 0.25) is 5.91 Å². The normalized spacial score (nSPS) is 15.2. The molecule has 4 aromatic rings. The molecule has 1 atom stereocenters. The summed E-state index contributed by atoms with van der Waals surface area (Å²) in [5.41, 5.74) is 4.06. The van der Waals surface area contributed by atoms with Crippen molar-refractivity contribution in [2.24, 2.45) is 5.92 Å². The van der Waals surface area contributed by atoms with Crippen molar-refractivity contribution in [2.45, 2.75) is 13.0 Å². The number of anilines is 1. The smallest absolute Gasteiger partial charge is 0.230 e. The van der Waals surface area contributed by atoms with E-state index in [4.69, 9.17) is 9.47 Å². The minimum Gasteiger partial charge on any atom is -0.493 e. The number of methoxy groups -OCH3 is 2. The van der Waals surface area contributed by atoms with Gasteiger partial charge >= 0.3 is 0 Å². The number of hydrogen-bond acceptors (Lipinski definition) is 4. The lowest BCUT2D eigenvalue weighted by atomic mass is 10.1. The van der Waals surface area contributed by atoms with Gasteiger partial charge in [-0.2, -0.15) is 5.10 Å². The molecule has 1 unspecified atom stereocenters. The van der Waals surface area contributed by atoms with E-state index in [1.54, 1.807) is 14.2 Å². The zero-order valence-corrected chi connectivity index (χ0v) is 16.8. The summed E-state index contributed by atoms with van der Waals surface area (Å²) in [5.74, 6) is 1.67. The Bertz CT molecular complexity index is 1240. The van der Waals surface area contributed by atoms with Crippen LogP contribution < -0.4 is 14.8 Å². The molecule has 2 aromatic heterocycles. The van der Waals surface area contributed by atoms with Gasteiger partial charge in [-0.05, 0) is 35.7 Å². The molecule has 0 saturated heterocycles. The van der Waals surface area contributed by atoms with Crippen LogP contribution in [0.4, 0.5) is 5.82 Å². The zero-order valence-electron chi connectivity index (χ0n) is 16.8. The predicted molar refractivity (Wildman–Crippen MR) is 115 cm³/mol. The summed E-state index contributed by atoms with van der Waals surface area (Å²) in [6.45, 7) is 0.682. The van der Waals surface area contributed by atoms with Crippen LogP contribution in [0.5, 0.6) is 11.5 Å². The van der Waals surface area contributed by atoms with Gasteiger partial charge in [-0.25, -0.2) is 0 Å². The molecule has 0 fully saturated rings. The second-order valence-electron chi connectivity index (χ2n) is 7.43. The van der Waals surface area contributed by atoms with Gasteiger partial charge in [-0.15, -0.1) is 0 Å². The fourth-order valence-corrected chi connectivity index (χ4v) is 4.13. The summed E-state index contributed by atoms with van der Waals surface area (Å²) in [7, 11) is 3.20. The quantitative estimate of drug-likeness (QED) is 0.531. The lowest BCUT2D eigenvalue weighted by Gasteiger charge is -2.09. The number of amides is 1. The van der Waals surface area contributed by atoms with Crippen LogP contribution in [0.3, 0.4) is 0 Å². The first-order valence-corrected chi connectivity index (χ1v) is 9.82. The second-order valence-corrected chi connectivity index (χ2v) is 7.43. The van der Waals surface area contributed by atoms with Crippen molar-refractivity contribution < 1.29 is 14.3 Å². The molecule has 0 aliphatic carbocycles. The number of benzene rings is 2. The Morgan fingerprint density at radius 1 is 1.10 bits per heavy atom. The van der Waals surface area contributed by atoms with Crippen LogP contribution >= 0.6 is 0 Å². The molecule has 2 N–H and O–H groups in total. The van der Waals surface area contributed by atoms with Crippen LogP contribution in [-0.2, 0) is 17.8 Å². The largest absolute Gasteiger partial charge is 0.493 e. The number of aromatic amines is 1. The average molecular weight is 402 g/mol. The SMILES string of the molecule is COc1ccc(-c2cc(NC(=O)C3Cc4cc5ccccc5n4C3)n[nH]2)cc1OC. The number of aromatic nitrogens is 3. The number of carbonyl (C=O) groups excluding carboxylic acids is 1. The Labute approximate surface area is 173 Å². The maximum atomic E-state index is 12.8. The summed E-state index contributed by atoms with van der Waals surface area (Å²) >= 11 is 0. The molecule has 0 bridgehead atoms. The summed E-state index contributed by atoms with van der Waals surface area (Å²) < 4.78 is 12.9. The molecule has 30 heavy (non-hydrogen) atoms. The number of rotatable bonds is 5. The first-order valence-electron chi connectivity index (χ1n) is 9.82. The van der Waals surface area contributed by atoms with Crippen molar-refractivity contribution in [1.82, 2.24) is 14.8 Å². The Kier molecular flexibility index (Phi) is 4.43. The zero-order chi connectivity index (χ0) is 20.7. The van der Waals surface area contributed by atoms with Gasteiger partial charge in [0.25, 0.3) is 0 Å². The summed E-state index contributed by atoms with van der Waals surface area (Å²) in [4.78, 5) is 12.8. The maximum absolute atomic E-state index is 12.8. The van der Waals surface area contributed by atoms with Gasteiger partial charge in [-0.1, -0.05) is 18.2 Å². The highest BCUT2D eigenvalue weighted by Gasteiger charge is 2.29. The first kappa shape index (κ1) is 18.3. The molecular weight excluding hydrogens is 380 g/mol. The molecule has 7 heteroatoms. The molecule has 3 heterocycles. The molecule has 2 aromatic carbocycles. The number of nitrogens with zero attached hydrogens (tertiary/aromatic N) is 2. The predicted octanol–water partition coefficient (Wildman–Crippen LogP) is 3.86. The van der Waals surface area contributed by atoms with E-state index in [1.165, 1.54) is 16.6 Å². The van der Waals surface area contributed by atoms with E-state index in [2.05, 4.69) is 38.3 Å². The van der Waals surface area contributed by atoms with E-state index >= 15 is 0 Å². The van der Waals surface area contributed by atoms with E-state index in [0.29, 0.717) is 23.9 Å². The van der Waals surface area contributed by atoms with Crippen molar-refractivity contribution in [2.75, 3.05) is 19.5 Å². The van der Waals surface area contributed by atoms with Gasteiger partial charge in [-0.3, -0.25) is 9.89 Å². The Morgan fingerprint density at radius 2 is 1.93 bits per heavy atom. The van der Waals surface area contributed by atoms with Gasteiger partial charge in [0, 0.05) is 35.8 Å². The Hall–Kier alpha value is -3.74. The van der Waals surface area contributed by atoms with E-state index < -0.39 is 0 Å². The van der Waals surface area contributed by atoms with Crippen LogP contribution in [-0.4, -0.2) is 34.9 Å². The number of fused-ring (bicyclic) bond motifs is 3. The first-order chi connectivity index (χ1) is 14.7. The average Bonchev–Trinajstić information content (AvgIpc) is 3.47. The highest BCUT2D eigenvalue weighted by Crippen LogP contribution is 2.33. The topological polar surface area (TPSA) is 81.2 Å². The van der Waals surface area contributed by atoms with Gasteiger partial charge in [0.15, 0.2) is 17.3 Å². The highest BCUT2D eigenvalue weighted by atomic mass is 16.5. The summed E-state index contributed by atoms with van der Waals surface area (Å²) in [6.07, 6.45) is 0.730. The van der Waals surface area contributed by atoms with Crippen LogP contribution in [0.25, 0.3) is 22.2 Å². The van der Waals surface area contributed by atoms with Crippen LogP contribution in [0.2, 0.25) is 0 Å². The van der Waals surface area contributed by atoms with Crippen LogP contribution in [0, 0.1) is 5.92 Å². The number of nitrogens with one attached hydrogen (secondary N) is 2. The molecule has 5 rings (SSSR count). The lowest BCUT2D eigenvalue weighted by molar-refractivity contribution is -0.119. The van der Waals surface area contributed by atoms with Crippen molar-refractivity contribution in [1.29, 1.82) is 0 Å². The van der Waals surface area contributed by atoms with E-state index in [0.717, 1.165) is 17.7 Å². The summed E-state index contributed by atoms with van der Waals surface area (Å²) in [5, 5.41) is 11.4. The van der Waals surface area contributed by atoms with Crippen LogP contribution in [0.1, 0.15) is 5.69 Å². The molecular formula is C23H22N4O3. The highest BCUT2D eigenvalue weighted by molar-refractivity contribution is 5.93. The third kappa shape index (κ3) is 3.08. The molecule has 1 aliphatic heterocycles. The molecule has 0 radical (unpaired) electrons. The molecule has 1 amide bonds. The number of para-hydroxylation sites is 1. The summed E-state index contributed by atoms with van der Waals surface area (Å²) in [6, 6.07) is 17.9. The minimum absolute atomic E-state index is 0.0202. The molecule has 1 aliphatic rings. The number of ether oxygens (including phenoxy) is 2. The van der Waals surface area contributed by atoms with Crippen molar-refractivity contribution >= 4 is 22.6 Å². The van der Waals surface area contributed by atoms with E-state index in [1.807, 2.05) is 36.4 Å². The Morgan fingerprint density at radius 3 is 2.77 bits per heavy atom. The second kappa shape index (κ2) is 7.26. The Balaban J connectivity index is 1.30. The standard InChI is InChI=1S/C23H22N4O3/c1-29-20-8-7-14(11-21(20)30-2)18-12-22(26-25-18)24-23(28)16-10-17-9-15-5-3-4-6-19(15)27(17)13-16/h3-9,11-12,16H,10,13H2,1-2H3,(H2,24,25,26,28). The van der Waals surface area contributed by atoms with Crippen molar-refractivity contribution in [3.8, 4) is 22.8 Å². The third-order valence-electron chi connectivity index (χ3n) is 5.65. The number of carbonyl (C=O) groups is 1. The van der Waals surface area contributed by atoms with Gasteiger partial charge in [0.05, 0.1) is 25.8 Å². The third-order valence-corrected chi connectivity index (χ3v) is 5.65. The van der Waals surface area contributed by atoms with Gasteiger partial charge in [0.1, 0.15) is 0 Å².